The van der Waals surface area contributed by atoms with Crippen molar-refractivity contribution in [3.63, 3.8) is 0 Å². The van der Waals surface area contributed by atoms with Gasteiger partial charge in [-0.2, -0.15) is 0 Å². The molecule has 0 saturated carbocycles. The summed E-state index contributed by atoms with van der Waals surface area (Å²) in [5.74, 6) is -1.79. The maximum Gasteiger partial charge on any atom is 0.346 e. The van der Waals surface area contributed by atoms with Crippen molar-refractivity contribution in [1.29, 1.82) is 0 Å². The zero-order chi connectivity index (χ0) is 23.5. The first kappa shape index (κ1) is 23.0. The van der Waals surface area contributed by atoms with E-state index in [4.69, 9.17) is 33.3 Å². The van der Waals surface area contributed by atoms with E-state index in [1.807, 2.05) is 18.2 Å². The molecule has 4 rings (SSSR count). The van der Waals surface area contributed by atoms with Gasteiger partial charge in [-0.1, -0.05) is 65.9 Å². The molecule has 1 heterocycles. The Morgan fingerprint density at radius 1 is 1.12 bits per heavy atom. The van der Waals surface area contributed by atoms with Crippen LogP contribution in [0.2, 0.25) is 5.02 Å². The van der Waals surface area contributed by atoms with Gasteiger partial charge < -0.3 is 9.47 Å². The van der Waals surface area contributed by atoms with Crippen LogP contribution in [-0.2, 0) is 4.79 Å². The summed E-state index contributed by atoms with van der Waals surface area (Å²) >= 11 is 12.9. The molecule has 0 bridgehead atoms. The van der Waals surface area contributed by atoms with E-state index in [0.29, 0.717) is 20.5 Å². The number of carbonyl (C=O) groups excluding carboxylic acids is 2. The number of thioether (sulfide) groups is 1. The van der Waals surface area contributed by atoms with Crippen molar-refractivity contribution in [2.45, 2.75) is 0 Å². The minimum absolute atomic E-state index is 0.0543. The van der Waals surface area contributed by atoms with Gasteiger partial charge in [0.1, 0.15) is 5.82 Å². The zero-order valence-corrected chi connectivity index (χ0v) is 19.5. The summed E-state index contributed by atoms with van der Waals surface area (Å²) < 4.78 is 25.0. The number of hydrogen-bond donors (Lipinski definition) is 0. The van der Waals surface area contributed by atoms with E-state index in [0.717, 1.165) is 17.8 Å². The zero-order valence-electron chi connectivity index (χ0n) is 17.1. The van der Waals surface area contributed by atoms with Crippen molar-refractivity contribution in [1.82, 2.24) is 0 Å². The molecular formula is C24H15ClFNO4S2. The lowest BCUT2D eigenvalue weighted by Gasteiger charge is -2.14. The predicted molar refractivity (Wildman–Crippen MR) is 131 cm³/mol. The third-order valence-electron chi connectivity index (χ3n) is 4.65. The Morgan fingerprint density at radius 2 is 1.82 bits per heavy atom. The molecule has 1 amide bonds. The van der Waals surface area contributed by atoms with Crippen LogP contribution in [0.4, 0.5) is 10.1 Å². The van der Waals surface area contributed by atoms with E-state index in [1.165, 1.54) is 36.3 Å². The van der Waals surface area contributed by atoms with Crippen molar-refractivity contribution in [3.8, 4) is 11.5 Å². The molecule has 0 aliphatic carbocycles. The van der Waals surface area contributed by atoms with Gasteiger partial charge >= 0.3 is 5.97 Å². The third-order valence-corrected chi connectivity index (χ3v) is 6.23. The average molecular weight is 500 g/mol. The van der Waals surface area contributed by atoms with Gasteiger partial charge in [0, 0.05) is 0 Å². The molecule has 1 aliphatic heterocycles. The van der Waals surface area contributed by atoms with Gasteiger partial charge in [-0.3, -0.25) is 9.69 Å². The number of ether oxygens (including phenoxy) is 2. The smallest absolute Gasteiger partial charge is 0.346 e. The number of hydrogen-bond acceptors (Lipinski definition) is 6. The fourth-order valence-corrected chi connectivity index (χ4v) is 4.67. The first-order valence-corrected chi connectivity index (χ1v) is 11.2. The van der Waals surface area contributed by atoms with Gasteiger partial charge in [0.2, 0.25) is 0 Å². The number of esters is 1. The highest BCUT2D eigenvalue weighted by atomic mass is 35.5. The molecule has 3 aromatic rings. The number of rotatable bonds is 5. The Hall–Kier alpha value is -3.20. The summed E-state index contributed by atoms with van der Waals surface area (Å²) in [4.78, 5) is 27.2. The monoisotopic (exact) mass is 499 g/mol. The van der Waals surface area contributed by atoms with E-state index in [1.54, 1.807) is 24.3 Å². The Labute approximate surface area is 203 Å². The number of benzene rings is 3. The topological polar surface area (TPSA) is 55.8 Å². The van der Waals surface area contributed by atoms with E-state index >= 15 is 0 Å². The lowest BCUT2D eigenvalue weighted by Crippen LogP contribution is -2.27. The Kier molecular flexibility index (Phi) is 6.78. The Balaban J connectivity index is 1.63. The highest BCUT2D eigenvalue weighted by Crippen LogP contribution is 2.40. The van der Waals surface area contributed by atoms with Crippen molar-refractivity contribution < 1.29 is 23.5 Å². The fraction of sp³-hybridized carbons (Fsp3) is 0.0417. The lowest BCUT2D eigenvalue weighted by atomic mass is 10.1. The molecule has 33 heavy (non-hydrogen) atoms. The van der Waals surface area contributed by atoms with Crippen molar-refractivity contribution in [2.75, 3.05) is 12.0 Å². The molecule has 0 spiro atoms. The van der Waals surface area contributed by atoms with E-state index in [9.17, 15) is 14.0 Å². The van der Waals surface area contributed by atoms with Gasteiger partial charge in [-0.15, -0.1) is 0 Å². The molecule has 1 aliphatic rings. The molecule has 0 radical (unpaired) electrons. The predicted octanol–water partition coefficient (Wildman–Crippen LogP) is 6.11. The molecule has 1 fully saturated rings. The molecule has 0 unspecified atom stereocenters. The first-order chi connectivity index (χ1) is 15.9. The van der Waals surface area contributed by atoms with Crippen LogP contribution in [0.3, 0.4) is 0 Å². The fourth-order valence-electron chi connectivity index (χ4n) is 3.12. The maximum absolute atomic E-state index is 13.9. The van der Waals surface area contributed by atoms with Crippen LogP contribution >= 0.6 is 35.6 Å². The lowest BCUT2D eigenvalue weighted by molar-refractivity contribution is -0.113. The molecule has 5 nitrogen and oxygen atoms in total. The van der Waals surface area contributed by atoms with Crippen molar-refractivity contribution in [2.24, 2.45) is 0 Å². The van der Waals surface area contributed by atoms with Crippen LogP contribution in [0, 0.1) is 5.82 Å². The number of carbonyl (C=O) groups is 2. The van der Waals surface area contributed by atoms with Crippen LogP contribution < -0.4 is 14.4 Å². The summed E-state index contributed by atoms with van der Waals surface area (Å²) in [7, 11) is 1.38. The van der Waals surface area contributed by atoms with Crippen molar-refractivity contribution >= 4 is 63.5 Å². The summed E-state index contributed by atoms with van der Waals surface area (Å²) in [6.45, 7) is 0. The number of para-hydroxylation sites is 1. The molecule has 0 aromatic heterocycles. The van der Waals surface area contributed by atoms with Crippen LogP contribution in [0.1, 0.15) is 15.9 Å². The average Bonchev–Trinajstić information content (AvgIpc) is 3.08. The second kappa shape index (κ2) is 9.74. The Bertz CT molecular complexity index is 1300. The van der Waals surface area contributed by atoms with Gasteiger partial charge in [-0.25, -0.2) is 9.18 Å². The first-order valence-electron chi connectivity index (χ1n) is 9.56. The van der Waals surface area contributed by atoms with Gasteiger partial charge in [-0.05, 0) is 48.0 Å². The molecule has 3 aromatic carbocycles. The normalized spacial score (nSPS) is 14.6. The number of halogens is 2. The minimum Gasteiger partial charge on any atom is -0.493 e. The summed E-state index contributed by atoms with van der Waals surface area (Å²) in [5, 5.41) is 0.0591. The second-order valence-electron chi connectivity index (χ2n) is 6.76. The van der Waals surface area contributed by atoms with E-state index in [2.05, 4.69) is 0 Å². The van der Waals surface area contributed by atoms with Crippen molar-refractivity contribution in [3.05, 3.63) is 93.6 Å². The number of thiocarbonyl (C=S) groups is 1. The minimum atomic E-state index is -0.912. The largest absolute Gasteiger partial charge is 0.493 e. The summed E-state index contributed by atoms with van der Waals surface area (Å²) in [6.07, 6.45) is 1.62. The summed E-state index contributed by atoms with van der Waals surface area (Å²) in [6, 6.07) is 17.6. The third kappa shape index (κ3) is 4.78. The van der Waals surface area contributed by atoms with Crippen LogP contribution in [0.25, 0.3) is 6.08 Å². The standard InChI is InChI=1S/C24H15ClFNO4S2/c1-30-19-12-14(11-17(25)21(19)31-23(29)16-9-5-6-10-18(16)26)13-20-22(28)27(24(32)33-20)15-7-3-2-4-8-15/h2-13H,1H3/b20-13-. The molecule has 1 saturated heterocycles. The van der Waals surface area contributed by atoms with E-state index < -0.39 is 11.8 Å². The number of amides is 1. The van der Waals surface area contributed by atoms with Crippen LogP contribution in [0.5, 0.6) is 11.5 Å². The van der Waals surface area contributed by atoms with Gasteiger partial charge in [0.15, 0.2) is 15.8 Å². The van der Waals surface area contributed by atoms with E-state index in [-0.39, 0.29) is 28.0 Å². The highest BCUT2D eigenvalue weighted by molar-refractivity contribution is 8.27. The van der Waals surface area contributed by atoms with Gasteiger partial charge in [0.25, 0.3) is 5.91 Å². The van der Waals surface area contributed by atoms with Crippen LogP contribution in [-0.4, -0.2) is 23.3 Å². The number of anilines is 1. The Morgan fingerprint density at radius 3 is 2.52 bits per heavy atom. The second-order valence-corrected chi connectivity index (χ2v) is 8.84. The molecule has 0 atom stereocenters. The highest BCUT2D eigenvalue weighted by Gasteiger charge is 2.33. The molecular weight excluding hydrogens is 485 g/mol. The summed E-state index contributed by atoms with van der Waals surface area (Å²) in [5.41, 5.74) is 0.981. The quantitative estimate of drug-likeness (QED) is 0.183. The molecule has 9 heteroatoms. The van der Waals surface area contributed by atoms with Gasteiger partial charge in [0.05, 0.1) is 28.3 Å². The maximum atomic E-state index is 13.9. The SMILES string of the molecule is COc1cc(/C=C2\SC(=S)N(c3ccccc3)C2=O)cc(Cl)c1OC(=O)c1ccccc1F. The molecule has 0 N–H and O–H groups in total. The molecule has 166 valence electrons. The number of methoxy groups -OCH3 is 1. The number of nitrogens with zero attached hydrogens (tertiary/aromatic N) is 1. The van der Waals surface area contributed by atoms with Crippen LogP contribution in [0.15, 0.2) is 71.6 Å².